The summed E-state index contributed by atoms with van der Waals surface area (Å²) < 4.78 is 0. The lowest BCUT2D eigenvalue weighted by Gasteiger charge is -2.41. The van der Waals surface area contributed by atoms with Gasteiger partial charge in [-0.25, -0.2) is 4.90 Å². The molecule has 1 aliphatic carbocycles. The number of aromatic nitrogens is 2. The molecule has 1 aromatic heterocycles. The molecule has 1 N–H and O–H groups in total. The van der Waals surface area contributed by atoms with E-state index < -0.39 is 0 Å². The van der Waals surface area contributed by atoms with Gasteiger partial charge in [0.05, 0.1) is 6.20 Å². The molecule has 0 atom stereocenters. The summed E-state index contributed by atoms with van der Waals surface area (Å²) in [6.07, 6.45) is 7.39. The average Bonchev–Trinajstić information content (AvgIpc) is 2.86. The number of hydrogen-bond acceptors (Lipinski definition) is 4. The summed E-state index contributed by atoms with van der Waals surface area (Å²) in [7, 11) is 0. The third-order valence-corrected chi connectivity index (χ3v) is 4.43. The van der Waals surface area contributed by atoms with Crippen LogP contribution in [0.1, 0.15) is 50.5 Å². The van der Waals surface area contributed by atoms with E-state index in [4.69, 9.17) is 5.26 Å². The molecule has 1 aliphatic heterocycles. The lowest BCUT2D eigenvalue weighted by molar-refractivity contribution is -0.134. The van der Waals surface area contributed by atoms with Crippen LogP contribution >= 0.6 is 0 Å². The normalized spacial score (nSPS) is 22.1. The number of hydrogen-bond donors (Lipinski definition) is 1. The summed E-state index contributed by atoms with van der Waals surface area (Å²) >= 11 is 0. The minimum Gasteiger partial charge on any atom is -0.274 e. The molecular formula is C14H16N4O2. The van der Waals surface area contributed by atoms with Gasteiger partial charge in [-0.1, -0.05) is 19.3 Å². The number of carbonyl (C=O) groups excluding carboxylic acids is 2. The average molecular weight is 272 g/mol. The predicted molar refractivity (Wildman–Crippen MR) is 70.5 cm³/mol. The summed E-state index contributed by atoms with van der Waals surface area (Å²) in [5, 5.41) is 15.3. The van der Waals surface area contributed by atoms with Crippen LogP contribution in [-0.2, 0) is 9.59 Å². The van der Waals surface area contributed by atoms with E-state index in [1.54, 1.807) is 0 Å². The van der Waals surface area contributed by atoms with Crippen molar-refractivity contribution in [2.75, 3.05) is 4.90 Å². The van der Waals surface area contributed by atoms with Gasteiger partial charge in [0, 0.05) is 12.8 Å². The second kappa shape index (κ2) is 4.75. The van der Waals surface area contributed by atoms with Crippen molar-refractivity contribution >= 4 is 17.6 Å². The lowest BCUT2D eigenvalue weighted by atomic mass is 9.67. The quantitative estimate of drug-likeness (QED) is 0.790. The fraction of sp³-hybridized carbons (Fsp3) is 0.571. The van der Waals surface area contributed by atoms with Crippen molar-refractivity contribution in [2.45, 2.75) is 44.9 Å². The first-order valence-electron chi connectivity index (χ1n) is 6.94. The number of nitrogens with one attached hydrogen (secondary N) is 1. The van der Waals surface area contributed by atoms with Crippen molar-refractivity contribution < 1.29 is 9.59 Å². The second-order valence-electron chi connectivity index (χ2n) is 5.78. The molecule has 3 rings (SSSR count). The van der Waals surface area contributed by atoms with Crippen molar-refractivity contribution in [1.29, 1.82) is 5.26 Å². The number of carbonyl (C=O) groups is 2. The van der Waals surface area contributed by atoms with E-state index in [-0.39, 0.29) is 28.6 Å². The Bertz CT molecular complexity index is 573. The molecular weight excluding hydrogens is 256 g/mol. The molecule has 2 amide bonds. The lowest BCUT2D eigenvalue weighted by Crippen LogP contribution is -2.49. The first-order chi connectivity index (χ1) is 9.65. The highest BCUT2D eigenvalue weighted by Gasteiger charge is 2.45. The maximum absolute atomic E-state index is 12.4. The number of anilines is 1. The molecule has 2 heterocycles. The third-order valence-electron chi connectivity index (χ3n) is 4.43. The first-order valence-corrected chi connectivity index (χ1v) is 6.94. The molecule has 2 fully saturated rings. The Hall–Kier alpha value is -2.16. The summed E-state index contributed by atoms with van der Waals surface area (Å²) in [5.74, 6) is -0.221. The molecule has 0 unspecified atom stereocenters. The van der Waals surface area contributed by atoms with Crippen LogP contribution in [0.25, 0.3) is 0 Å². The zero-order chi connectivity index (χ0) is 14.2. The fourth-order valence-electron chi connectivity index (χ4n) is 3.44. The minimum absolute atomic E-state index is 0.143. The summed E-state index contributed by atoms with van der Waals surface area (Å²) in [6.45, 7) is 0. The molecule has 1 saturated carbocycles. The van der Waals surface area contributed by atoms with Gasteiger partial charge in [0.2, 0.25) is 11.8 Å². The largest absolute Gasteiger partial charge is 0.274 e. The van der Waals surface area contributed by atoms with Crippen molar-refractivity contribution in [1.82, 2.24) is 10.2 Å². The number of rotatable bonds is 1. The highest BCUT2D eigenvalue weighted by molar-refractivity contribution is 6.17. The van der Waals surface area contributed by atoms with E-state index in [1.807, 2.05) is 6.07 Å². The van der Waals surface area contributed by atoms with Crippen LogP contribution in [0.3, 0.4) is 0 Å². The smallest absolute Gasteiger partial charge is 0.235 e. The number of piperidine rings is 1. The summed E-state index contributed by atoms with van der Waals surface area (Å²) in [6, 6.07) is 1.95. The number of amides is 2. The van der Waals surface area contributed by atoms with Gasteiger partial charge in [-0.15, -0.1) is 0 Å². The highest BCUT2D eigenvalue weighted by Crippen LogP contribution is 2.46. The van der Waals surface area contributed by atoms with Crippen molar-refractivity contribution in [3.8, 4) is 6.07 Å². The monoisotopic (exact) mass is 272 g/mol. The predicted octanol–water partition coefficient (Wildman–Crippen LogP) is 1.89. The Kier molecular flexibility index (Phi) is 3.05. The van der Waals surface area contributed by atoms with Crippen LogP contribution in [0.5, 0.6) is 0 Å². The maximum atomic E-state index is 12.4. The molecule has 0 bridgehead atoms. The van der Waals surface area contributed by atoms with Crippen LogP contribution < -0.4 is 4.90 Å². The minimum atomic E-state index is -0.219. The second-order valence-corrected chi connectivity index (χ2v) is 5.78. The molecule has 20 heavy (non-hydrogen) atoms. The molecule has 6 heteroatoms. The van der Waals surface area contributed by atoms with Gasteiger partial charge < -0.3 is 0 Å². The van der Waals surface area contributed by atoms with Gasteiger partial charge in [0.1, 0.15) is 11.6 Å². The Balaban J connectivity index is 1.88. The first kappa shape index (κ1) is 12.9. The Morgan fingerprint density at radius 2 is 1.85 bits per heavy atom. The number of H-pyrrole nitrogens is 1. The van der Waals surface area contributed by atoms with Crippen molar-refractivity contribution in [3.63, 3.8) is 0 Å². The van der Waals surface area contributed by atoms with Crippen LogP contribution in [0.15, 0.2) is 6.20 Å². The van der Waals surface area contributed by atoms with Gasteiger partial charge in [0.15, 0.2) is 5.82 Å². The number of nitriles is 1. The van der Waals surface area contributed by atoms with Gasteiger partial charge in [-0.05, 0) is 18.3 Å². The fourth-order valence-corrected chi connectivity index (χ4v) is 3.44. The molecule has 1 aromatic rings. The van der Waals surface area contributed by atoms with Crippen molar-refractivity contribution in [2.24, 2.45) is 5.41 Å². The van der Waals surface area contributed by atoms with Gasteiger partial charge >= 0.3 is 0 Å². The Morgan fingerprint density at radius 1 is 1.20 bits per heavy atom. The third kappa shape index (κ3) is 1.99. The number of nitrogens with zero attached hydrogens (tertiary/aromatic N) is 3. The zero-order valence-corrected chi connectivity index (χ0v) is 11.2. The molecule has 0 radical (unpaired) electrons. The van der Waals surface area contributed by atoms with Crippen LogP contribution in [-0.4, -0.2) is 22.0 Å². The van der Waals surface area contributed by atoms with E-state index in [1.165, 1.54) is 12.6 Å². The number of aromatic amines is 1. The van der Waals surface area contributed by atoms with Gasteiger partial charge in [0.25, 0.3) is 0 Å². The van der Waals surface area contributed by atoms with Gasteiger partial charge in [-0.3, -0.25) is 14.7 Å². The van der Waals surface area contributed by atoms with Crippen LogP contribution in [0.2, 0.25) is 0 Å². The van der Waals surface area contributed by atoms with Gasteiger partial charge in [-0.2, -0.15) is 10.4 Å². The van der Waals surface area contributed by atoms with Crippen LogP contribution in [0.4, 0.5) is 5.82 Å². The summed E-state index contributed by atoms with van der Waals surface area (Å²) in [5.41, 5.74) is 0.0849. The maximum Gasteiger partial charge on any atom is 0.235 e. The van der Waals surface area contributed by atoms with E-state index in [2.05, 4.69) is 10.2 Å². The van der Waals surface area contributed by atoms with E-state index in [9.17, 15) is 9.59 Å². The van der Waals surface area contributed by atoms with E-state index in [0.717, 1.165) is 30.6 Å². The molecule has 0 aromatic carbocycles. The van der Waals surface area contributed by atoms with E-state index >= 15 is 0 Å². The summed E-state index contributed by atoms with van der Waals surface area (Å²) in [4.78, 5) is 25.9. The Labute approximate surface area is 116 Å². The highest BCUT2D eigenvalue weighted by atomic mass is 16.2. The molecule has 1 saturated heterocycles. The van der Waals surface area contributed by atoms with E-state index in [0.29, 0.717) is 12.8 Å². The zero-order valence-electron chi connectivity index (χ0n) is 11.2. The van der Waals surface area contributed by atoms with Crippen molar-refractivity contribution in [3.05, 3.63) is 11.8 Å². The topological polar surface area (TPSA) is 89.8 Å². The molecule has 1 spiro atoms. The molecule has 2 aliphatic rings. The van der Waals surface area contributed by atoms with Crippen LogP contribution in [0, 0.1) is 16.7 Å². The standard InChI is InChI=1S/C14H16N4O2/c15-8-10-9-16-17-13(10)18-11(19)6-14(7-12(18)20)4-2-1-3-5-14/h9H,1-7H2,(H,16,17). The molecule has 6 nitrogen and oxygen atoms in total. The SMILES string of the molecule is N#Cc1cn[nH]c1N1C(=O)CC2(CCCCC2)CC1=O. The molecule has 104 valence electrons. The Morgan fingerprint density at radius 3 is 2.45 bits per heavy atom. The number of imide groups is 1.